The Morgan fingerprint density at radius 3 is 2.21 bits per heavy atom. The van der Waals surface area contributed by atoms with E-state index in [2.05, 4.69) is 5.32 Å². The first-order valence-corrected chi connectivity index (χ1v) is 8.23. The number of carboxylic acids is 1. The number of alkyl halides is 5. The SMILES string of the molecule is CCNCc1cc(C(F)(F)F)ccc1-c1cc(C(F)(F)C(=O)O)ccc1OC. The molecule has 0 saturated carbocycles. The van der Waals surface area contributed by atoms with E-state index in [0.717, 1.165) is 36.4 Å². The van der Waals surface area contributed by atoms with Crippen molar-refractivity contribution < 1.29 is 36.6 Å². The van der Waals surface area contributed by atoms with E-state index in [1.54, 1.807) is 6.92 Å². The van der Waals surface area contributed by atoms with Crippen LogP contribution in [0.3, 0.4) is 0 Å². The van der Waals surface area contributed by atoms with Crippen LogP contribution in [0.2, 0.25) is 0 Å². The molecular weight excluding hydrogens is 385 g/mol. The number of aliphatic carboxylic acids is 1. The molecule has 0 spiro atoms. The van der Waals surface area contributed by atoms with Gasteiger partial charge in [0.2, 0.25) is 0 Å². The lowest BCUT2D eigenvalue weighted by molar-refractivity contribution is -0.166. The van der Waals surface area contributed by atoms with Gasteiger partial charge in [-0.05, 0) is 48.0 Å². The summed E-state index contributed by atoms with van der Waals surface area (Å²) >= 11 is 0. The van der Waals surface area contributed by atoms with Crippen molar-refractivity contribution in [3.8, 4) is 16.9 Å². The van der Waals surface area contributed by atoms with Crippen LogP contribution in [0.15, 0.2) is 36.4 Å². The number of carboxylic acid groups (broad SMARTS) is 1. The summed E-state index contributed by atoms with van der Waals surface area (Å²) in [6, 6.07) is 5.92. The molecule has 0 unspecified atom stereocenters. The van der Waals surface area contributed by atoms with Crippen molar-refractivity contribution in [2.24, 2.45) is 0 Å². The molecule has 0 aromatic heterocycles. The fourth-order valence-corrected chi connectivity index (χ4v) is 2.68. The second kappa shape index (κ2) is 8.14. The van der Waals surface area contributed by atoms with Gasteiger partial charge in [-0.2, -0.15) is 22.0 Å². The molecule has 152 valence electrons. The Morgan fingerprint density at radius 1 is 1.04 bits per heavy atom. The molecular formula is C19H18F5NO3. The highest BCUT2D eigenvalue weighted by atomic mass is 19.4. The van der Waals surface area contributed by atoms with E-state index in [4.69, 9.17) is 9.84 Å². The van der Waals surface area contributed by atoms with E-state index in [1.807, 2.05) is 0 Å². The summed E-state index contributed by atoms with van der Waals surface area (Å²) in [6.45, 7) is 2.30. The molecule has 0 saturated heterocycles. The standard InChI is InChI=1S/C19H18F5NO3/c1-3-25-10-11-8-13(19(22,23)24)4-6-14(11)15-9-12(5-7-16(15)28-2)18(20,21)17(26)27/h4-9,25H,3,10H2,1-2H3,(H,26,27). The van der Waals surface area contributed by atoms with Gasteiger partial charge in [-0.15, -0.1) is 0 Å². The minimum Gasteiger partial charge on any atom is -0.496 e. The largest absolute Gasteiger partial charge is 0.496 e. The summed E-state index contributed by atoms with van der Waals surface area (Å²) in [7, 11) is 1.28. The van der Waals surface area contributed by atoms with Crippen LogP contribution in [0.4, 0.5) is 22.0 Å². The third-order valence-electron chi connectivity index (χ3n) is 4.12. The summed E-state index contributed by atoms with van der Waals surface area (Å²) < 4.78 is 72.2. The average molecular weight is 403 g/mol. The molecule has 4 nitrogen and oxygen atoms in total. The minimum absolute atomic E-state index is 0.0540. The van der Waals surface area contributed by atoms with Crippen LogP contribution in [0, 0.1) is 0 Å². The first kappa shape index (κ1) is 21.6. The molecule has 2 aromatic rings. The number of methoxy groups -OCH3 is 1. The monoisotopic (exact) mass is 403 g/mol. The van der Waals surface area contributed by atoms with Crippen molar-refractivity contribution in [3.63, 3.8) is 0 Å². The van der Waals surface area contributed by atoms with Gasteiger partial charge in [0.05, 0.1) is 12.7 Å². The summed E-state index contributed by atoms with van der Waals surface area (Å²) in [5.41, 5.74) is -1.16. The fourth-order valence-electron chi connectivity index (χ4n) is 2.68. The Balaban J connectivity index is 2.69. The predicted molar refractivity (Wildman–Crippen MR) is 92.3 cm³/mol. The first-order chi connectivity index (χ1) is 13.0. The minimum atomic E-state index is -4.57. The van der Waals surface area contributed by atoms with Crippen molar-refractivity contribution in [1.29, 1.82) is 0 Å². The lowest BCUT2D eigenvalue weighted by Crippen LogP contribution is -2.25. The zero-order valence-electron chi connectivity index (χ0n) is 15.0. The number of rotatable bonds is 7. The van der Waals surface area contributed by atoms with Gasteiger partial charge in [0, 0.05) is 17.7 Å². The van der Waals surface area contributed by atoms with Crippen molar-refractivity contribution in [2.45, 2.75) is 25.6 Å². The molecule has 0 heterocycles. The molecule has 0 fully saturated rings. The van der Waals surface area contributed by atoms with Gasteiger partial charge in [-0.3, -0.25) is 0 Å². The van der Waals surface area contributed by atoms with E-state index >= 15 is 0 Å². The van der Waals surface area contributed by atoms with Crippen LogP contribution in [0.1, 0.15) is 23.6 Å². The van der Waals surface area contributed by atoms with Crippen LogP contribution in [-0.2, 0) is 23.4 Å². The zero-order chi connectivity index (χ0) is 21.1. The molecule has 9 heteroatoms. The van der Waals surface area contributed by atoms with Crippen molar-refractivity contribution in [1.82, 2.24) is 5.32 Å². The summed E-state index contributed by atoms with van der Waals surface area (Å²) in [6.07, 6.45) is -4.57. The van der Waals surface area contributed by atoms with Crippen LogP contribution in [0.25, 0.3) is 11.1 Å². The molecule has 0 aliphatic carbocycles. The number of carbonyl (C=O) groups is 1. The van der Waals surface area contributed by atoms with E-state index in [0.29, 0.717) is 6.54 Å². The van der Waals surface area contributed by atoms with E-state index in [9.17, 15) is 26.7 Å². The first-order valence-electron chi connectivity index (χ1n) is 8.23. The van der Waals surface area contributed by atoms with Gasteiger partial charge in [0.25, 0.3) is 0 Å². The normalized spacial score (nSPS) is 12.1. The number of nitrogens with one attached hydrogen (secondary N) is 1. The molecule has 2 aromatic carbocycles. The van der Waals surface area contributed by atoms with Gasteiger partial charge < -0.3 is 15.2 Å². The molecule has 0 atom stereocenters. The molecule has 0 aliphatic rings. The Hall–Kier alpha value is -2.68. The second-order valence-electron chi connectivity index (χ2n) is 5.94. The lowest BCUT2D eigenvalue weighted by Gasteiger charge is -2.19. The highest BCUT2D eigenvalue weighted by Crippen LogP contribution is 2.40. The number of benzene rings is 2. The van der Waals surface area contributed by atoms with Crippen LogP contribution in [0.5, 0.6) is 5.75 Å². The fraction of sp³-hybridized carbons (Fsp3) is 0.316. The van der Waals surface area contributed by atoms with E-state index in [1.165, 1.54) is 7.11 Å². The quantitative estimate of drug-likeness (QED) is 0.660. The van der Waals surface area contributed by atoms with E-state index in [-0.39, 0.29) is 29.0 Å². The Kier molecular flexibility index (Phi) is 6.28. The molecule has 0 bridgehead atoms. The van der Waals surface area contributed by atoms with Crippen LogP contribution in [-0.4, -0.2) is 24.7 Å². The van der Waals surface area contributed by atoms with Crippen molar-refractivity contribution in [2.75, 3.05) is 13.7 Å². The van der Waals surface area contributed by atoms with E-state index < -0.39 is 29.2 Å². The molecule has 0 amide bonds. The summed E-state index contributed by atoms with van der Waals surface area (Å²) in [5.74, 6) is -6.36. The third-order valence-corrected chi connectivity index (χ3v) is 4.12. The Morgan fingerprint density at radius 2 is 1.68 bits per heavy atom. The van der Waals surface area contributed by atoms with Gasteiger partial charge in [0.1, 0.15) is 5.75 Å². The summed E-state index contributed by atoms with van der Waals surface area (Å²) in [5, 5.41) is 11.7. The zero-order valence-corrected chi connectivity index (χ0v) is 15.0. The smallest absolute Gasteiger partial charge is 0.416 e. The predicted octanol–water partition coefficient (Wildman–Crippen LogP) is 4.67. The maximum Gasteiger partial charge on any atom is 0.416 e. The molecule has 0 aliphatic heterocycles. The van der Waals surface area contributed by atoms with Gasteiger partial charge >= 0.3 is 18.1 Å². The highest BCUT2D eigenvalue weighted by Gasteiger charge is 2.41. The Labute approximate surface area is 157 Å². The van der Waals surface area contributed by atoms with Gasteiger partial charge in [0.15, 0.2) is 0 Å². The number of hydrogen-bond donors (Lipinski definition) is 2. The Bertz CT molecular complexity index is 865. The molecule has 28 heavy (non-hydrogen) atoms. The molecule has 2 N–H and O–H groups in total. The maximum absolute atomic E-state index is 13.9. The summed E-state index contributed by atoms with van der Waals surface area (Å²) in [4.78, 5) is 10.9. The number of ether oxygens (including phenoxy) is 1. The number of halogens is 5. The van der Waals surface area contributed by atoms with Crippen LogP contribution < -0.4 is 10.1 Å². The maximum atomic E-state index is 13.9. The van der Waals surface area contributed by atoms with Crippen LogP contribution >= 0.6 is 0 Å². The van der Waals surface area contributed by atoms with Gasteiger partial charge in [-0.1, -0.05) is 13.0 Å². The second-order valence-corrected chi connectivity index (χ2v) is 5.94. The highest BCUT2D eigenvalue weighted by molar-refractivity contribution is 5.80. The lowest BCUT2D eigenvalue weighted by atomic mass is 9.93. The van der Waals surface area contributed by atoms with Crippen molar-refractivity contribution >= 4 is 5.97 Å². The molecule has 2 rings (SSSR count). The topological polar surface area (TPSA) is 58.6 Å². The van der Waals surface area contributed by atoms with Crippen molar-refractivity contribution in [3.05, 3.63) is 53.1 Å². The third kappa shape index (κ3) is 4.41. The van der Waals surface area contributed by atoms with Gasteiger partial charge in [-0.25, -0.2) is 4.79 Å². The molecule has 0 radical (unpaired) electrons. The average Bonchev–Trinajstić information content (AvgIpc) is 2.64. The number of hydrogen-bond acceptors (Lipinski definition) is 3.